The van der Waals surface area contributed by atoms with Gasteiger partial charge in [0, 0.05) is 0 Å². The zero-order valence-electron chi connectivity index (χ0n) is 6.38. The lowest BCUT2D eigenvalue weighted by Gasteiger charge is -2.42. The maximum Gasteiger partial charge on any atom is 0.147 e. The molecule has 2 aliphatic carbocycles. The Morgan fingerprint density at radius 2 is 1.91 bits per heavy atom. The Balaban J connectivity index is 2.22. The minimum absolute atomic E-state index is 0.414. The summed E-state index contributed by atoms with van der Waals surface area (Å²) in [6.45, 7) is 0. The molecule has 2 rings (SSSR count). The number of nitriles is 2. The van der Waals surface area contributed by atoms with E-state index < -0.39 is 5.41 Å². The molecule has 2 heteroatoms. The monoisotopic (exact) mass is 146 g/mol. The molecule has 0 saturated heterocycles. The van der Waals surface area contributed by atoms with E-state index in [9.17, 15) is 0 Å². The molecule has 0 aromatic heterocycles. The van der Waals surface area contributed by atoms with E-state index in [4.69, 9.17) is 10.5 Å². The van der Waals surface area contributed by atoms with Gasteiger partial charge in [0.1, 0.15) is 5.41 Å². The average Bonchev–Trinajstić information content (AvgIpc) is 2.37. The number of nitrogens with zero attached hydrogens (tertiary/aromatic N) is 2. The first-order valence-corrected chi connectivity index (χ1v) is 4.15. The van der Waals surface area contributed by atoms with E-state index >= 15 is 0 Å². The number of fused-ring (bicyclic) bond motifs is 1. The summed E-state index contributed by atoms with van der Waals surface area (Å²) in [4.78, 5) is 0. The summed E-state index contributed by atoms with van der Waals surface area (Å²) in [6.07, 6.45) is 4.41. The Bertz CT molecular complexity index is 242. The van der Waals surface area contributed by atoms with Crippen LogP contribution in [-0.4, -0.2) is 0 Å². The summed E-state index contributed by atoms with van der Waals surface area (Å²) in [5, 5.41) is 17.6. The van der Waals surface area contributed by atoms with Crippen LogP contribution in [0.25, 0.3) is 0 Å². The lowest BCUT2D eigenvalue weighted by atomic mass is 9.56. The zero-order chi connectivity index (χ0) is 7.90. The van der Waals surface area contributed by atoms with Crippen molar-refractivity contribution >= 4 is 0 Å². The highest BCUT2D eigenvalue weighted by atomic mass is 14.6. The molecule has 0 N–H and O–H groups in total. The second kappa shape index (κ2) is 1.98. The molecule has 0 heterocycles. The Morgan fingerprint density at radius 1 is 1.18 bits per heavy atom. The third-order valence-corrected chi connectivity index (χ3v) is 3.28. The first kappa shape index (κ1) is 6.68. The Labute approximate surface area is 66.4 Å². The number of hydrogen-bond donors (Lipinski definition) is 0. The minimum Gasteiger partial charge on any atom is -0.197 e. The van der Waals surface area contributed by atoms with Crippen molar-refractivity contribution in [2.75, 3.05) is 0 Å². The summed E-state index contributed by atoms with van der Waals surface area (Å²) in [5.74, 6) is 1.12. The molecule has 0 aliphatic heterocycles. The minimum atomic E-state index is -0.582. The molecule has 2 fully saturated rings. The van der Waals surface area contributed by atoms with Crippen LogP contribution in [0.3, 0.4) is 0 Å². The summed E-state index contributed by atoms with van der Waals surface area (Å²) in [7, 11) is 0. The van der Waals surface area contributed by atoms with E-state index in [0.29, 0.717) is 11.8 Å². The maximum atomic E-state index is 8.81. The highest BCUT2D eigenvalue weighted by Gasteiger charge is 2.56. The van der Waals surface area contributed by atoms with Crippen LogP contribution in [0.2, 0.25) is 0 Å². The van der Waals surface area contributed by atoms with Gasteiger partial charge in [-0.1, -0.05) is 6.42 Å². The average molecular weight is 146 g/mol. The van der Waals surface area contributed by atoms with Gasteiger partial charge in [0.25, 0.3) is 0 Å². The standard InChI is InChI=1S/C9H10N2/c10-5-9(6-11)4-7-2-1-3-8(7)9/h7-8H,1-4H2. The molecule has 11 heavy (non-hydrogen) atoms. The fourth-order valence-electron chi connectivity index (χ4n) is 2.62. The van der Waals surface area contributed by atoms with Crippen LogP contribution in [0.5, 0.6) is 0 Å². The summed E-state index contributed by atoms with van der Waals surface area (Å²) >= 11 is 0. The van der Waals surface area contributed by atoms with Gasteiger partial charge < -0.3 is 0 Å². The Morgan fingerprint density at radius 3 is 2.45 bits per heavy atom. The number of rotatable bonds is 0. The van der Waals surface area contributed by atoms with Crippen molar-refractivity contribution in [1.82, 2.24) is 0 Å². The molecule has 0 aromatic carbocycles. The summed E-state index contributed by atoms with van der Waals surface area (Å²) < 4.78 is 0. The molecule has 0 amide bonds. The lowest BCUT2D eigenvalue weighted by Crippen LogP contribution is -2.42. The van der Waals surface area contributed by atoms with E-state index in [-0.39, 0.29) is 0 Å². The first-order chi connectivity index (χ1) is 5.32. The van der Waals surface area contributed by atoms with E-state index in [2.05, 4.69) is 12.1 Å². The van der Waals surface area contributed by atoms with Crippen LogP contribution in [0.15, 0.2) is 0 Å². The molecule has 0 bridgehead atoms. The highest BCUT2D eigenvalue weighted by Crippen LogP contribution is 2.58. The third-order valence-electron chi connectivity index (χ3n) is 3.28. The molecule has 2 atom stereocenters. The van der Waals surface area contributed by atoms with Crippen molar-refractivity contribution in [3.05, 3.63) is 0 Å². The SMILES string of the molecule is N#CC1(C#N)CC2CCCC21. The fraction of sp³-hybridized carbons (Fsp3) is 0.778. The molecule has 0 radical (unpaired) electrons. The van der Waals surface area contributed by atoms with Gasteiger partial charge in [-0.25, -0.2) is 0 Å². The van der Waals surface area contributed by atoms with Crippen molar-refractivity contribution in [2.24, 2.45) is 17.3 Å². The molecule has 2 nitrogen and oxygen atoms in total. The van der Waals surface area contributed by atoms with Gasteiger partial charge in [-0.3, -0.25) is 0 Å². The van der Waals surface area contributed by atoms with E-state index in [1.807, 2.05) is 0 Å². The molecule has 2 unspecified atom stereocenters. The van der Waals surface area contributed by atoms with E-state index in [1.54, 1.807) is 0 Å². The molecule has 0 aromatic rings. The molecule has 56 valence electrons. The van der Waals surface area contributed by atoms with Gasteiger partial charge in [0.05, 0.1) is 12.1 Å². The van der Waals surface area contributed by atoms with Crippen LogP contribution < -0.4 is 0 Å². The quantitative estimate of drug-likeness (QED) is 0.523. The van der Waals surface area contributed by atoms with Gasteiger partial charge >= 0.3 is 0 Å². The highest BCUT2D eigenvalue weighted by molar-refractivity contribution is 5.25. The van der Waals surface area contributed by atoms with Gasteiger partial charge in [0.2, 0.25) is 0 Å². The molecule has 0 spiro atoms. The van der Waals surface area contributed by atoms with Gasteiger partial charge in [0.15, 0.2) is 0 Å². The normalized spacial score (nSPS) is 38.0. The van der Waals surface area contributed by atoms with Crippen LogP contribution >= 0.6 is 0 Å². The van der Waals surface area contributed by atoms with Crippen molar-refractivity contribution < 1.29 is 0 Å². The second-order valence-electron chi connectivity index (χ2n) is 3.70. The van der Waals surface area contributed by atoms with Crippen LogP contribution in [0, 0.1) is 39.9 Å². The fourth-order valence-corrected chi connectivity index (χ4v) is 2.62. The summed E-state index contributed by atoms with van der Waals surface area (Å²) in [6, 6.07) is 4.35. The van der Waals surface area contributed by atoms with Crippen molar-refractivity contribution in [1.29, 1.82) is 10.5 Å². The van der Waals surface area contributed by atoms with Crippen molar-refractivity contribution in [3.63, 3.8) is 0 Å². The van der Waals surface area contributed by atoms with Crippen molar-refractivity contribution in [3.8, 4) is 12.1 Å². The molecular weight excluding hydrogens is 136 g/mol. The third kappa shape index (κ3) is 0.648. The zero-order valence-corrected chi connectivity index (χ0v) is 6.38. The van der Waals surface area contributed by atoms with Crippen LogP contribution in [-0.2, 0) is 0 Å². The van der Waals surface area contributed by atoms with Gasteiger partial charge in [-0.15, -0.1) is 0 Å². The summed E-state index contributed by atoms with van der Waals surface area (Å²) in [5.41, 5.74) is -0.582. The predicted octanol–water partition coefficient (Wildman–Crippen LogP) is 1.84. The van der Waals surface area contributed by atoms with Gasteiger partial charge in [-0.05, 0) is 31.1 Å². The lowest BCUT2D eigenvalue weighted by molar-refractivity contribution is 0.0862. The topological polar surface area (TPSA) is 47.6 Å². The Kier molecular flexibility index (Phi) is 1.20. The van der Waals surface area contributed by atoms with Crippen LogP contribution in [0.4, 0.5) is 0 Å². The van der Waals surface area contributed by atoms with Gasteiger partial charge in [-0.2, -0.15) is 10.5 Å². The Hall–Kier alpha value is -1.02. The van der Waals surface area contributed by atoms with E-state index in [1.165, 1.54) is 12.8 Å². The molecular formula is C9H10N2. The smallest absolute Gasteiger partial charge is 0.147 e. The molecule has 2 aliphatic rings. The predicted molar refractivity (Wildman–Crippen MR) is 39.1 cm³/mol. The van der Waals surface area contributed by atoms with Crippen LogP contribution in [0.1, 0.15) is 25.7 Å². The van der Waals surface area contributed by atoms with E-state index in [0.717, 1.165) is 12.8 Å². The van der Waals surface area contributed by atoms with Crippen molar-refractivity contribution in [2.45, 2.75) is 25.7 Å². The maximum absolute atomic E-state index is 8.81. The largest absolute Gasteiger partial charge is 0.197 e. The molecule has 2 saturated carbocycles. The first-order valence-electron chi connectivity index (χ1n) is 4.15. The number of hydrogen-bond acceptors (Lipinski definition) is 2. The second-order valence-corrected chi connectivity index (χ2v) is 3.70.